The molecule has 4 rings (SSSR count). The van der Waals surface area contributed by atoms with Crippen LogP contribution in [0.5, 0.6) is 0 Å². The summed E-state index contributed by atoms with van der Waals surface area (Å²) in [6, 6.07) is 5.75. The van der Waals surface area contributed by atoms with Gasteiger partial charge >= 0.3 is 0 Å². The molecule has 1 amide bonds. The smallest absolute Gasteiger partial charge is 0.273 e. The fourth-order valence-corrected chi connectivity index (χ4v) is 3.71. The third-order valence-corrected chi connectivity index (χ3v) is 4.91. The number of carbonyl (C=O) groups is 1. The van der Waals surface area contributed by atoms with Gasteiger partial charge in [-0.3, -0.25) is 9.48 Å². The van der Waals surface area contributed by atoms with Gasteiger partial charge in [0.25, 0.3) is 5.91 Å². The van der Waals surface area contributed by atoms with Crippen LogP contribution in [0.4, 0.5) is 0 Å². The van der Waals surface area contributed by atoms with Crippen LogP contribution in [0.15, 0.2) is 46.7 Å². The third kappa shape index (κ3) is 2.79. The lowest BCUT2D eigenvalue weighted by molar-refractivity contribution is 0.0716. The predicted molar refractivity (Wildman–Crippen MR) is 86.1 cm³/mol. The second-order valence-corrected chi connectivity index (χ2v) is 6.40. The summed E-state index contributed by atoms with van der Waals surface area (Å²) < 4.78 is 7.22. The summed E-state index contributed by atoms with van der Waals surface area (Å²) in [5, 5.41) is 6.78. The monoisotopic (exact) mass is 328 g/mol. The maximum absolute atomic E-state index is 12.8. The zero-order valence-corrected chi connectivity index (χ0v) is 13.3. The lowest BCUT2D eigenvalue weighted by Crippen LogP contribution is -2.38. The quantitative estimate of drug-likeness (QED) is 0.739. The fraction of sp³-hybridized carbons (Fsp3) is 0.312. The number of nitrogens with zero attached hydrogens (tertiary/aromatic N) is 4. The number of likely N-dealkylation sites (tertiary alicyclic amines) is 1. The van der Waals surface area contributed by atoms with Crippen molar-refractivity contribution < 1.29 is 9.21 Å². The first kappa shape index (κ1) is 14.2. The van der Waals surface area contributed by atoms with Crippen molar-refractivity contribution in [1.82, 2.24) is 19.7 Å². The number of hydrogen-bond donors (Lipinski definition) is 0. The molecule has 3 aromatic heterocycles. The Morgan fingerprint density at radius 3 is 3.17 bits per heavy atom. The molecular weight excluding hydrogens is 312 g/mol. The van der Waals surface area contributed by atoms with Crippen molar-refractivity contribution in [2.24, 2.45) is 0 Å². The van der Waals surface area contributed by atoms with E-state index < -0.39 is 0 Å². The number of hydrogen-bond acceptors (Lipinski definition) is 5. The standard InChI is InChI=1S/C16H16N4O2S/c21-16(13-11-23-15(18-13)14-5-2-9-22-14)20-8-1-4-12(20)10-19-7-3-6-17-19/h2-3,5-7,9,11-12H,1,4,8,10H2/t12-/m0/s1. The van der Waals surface area contributed by atoms with E-state index in [0.717, 1.165) is 30.9 Å². The van der Waals surface area contributed by atoms with Gasteiger partial charge in [-0.1, -0.05) is 0 Å². The van der Waals surface area contributed by atoms with Gasteiger partial charge in [-0.05, 0) is 31.0 Å². The Morgan fingerprint density at radius 2 is 2.39 bits per heavy atom. The highest BCUT2D eigenvalue weighted by molar-refractivity contribution is 7.13. The van der Waals surface area contributed by atoms with Crippen molar-refractivity contribution in [2.75, 3.05) is 6.54 Å². The molecule has 0 aliphatic carbocycles. The van der Waals surface area contributed by atoms with E-state index in [4.69, 9.17) is 4.42 Å². The molecule has 7 heteroatoms. The highest BCUT2D eigenvalue weighted by Crippen LogP contribution is 2.26. The molecule has 3 aromatic rings. The Morgan fingerprint density at radius 1 is 1.43 bits per heavy atom. The summed E-state index contributed by atoms with van der Waals surface area (Å²) in [7, 11) is 0. The molecule has 6 nitrogen and oxygen atoms in total. The van der Waals surface area contributed by atoms with Gasteiger partial charge in [-0.25, -0.2) is 4.98 Å². The first-order chi connectivity index (χ1) is 11.3. The Bertz CT molecular complexity index is 779. The summed E-state index contributed by atoms with van der Waals surface area (Å²) in [5.74, 6) is 0.692. The highest BCUT2D eigenvalue weighted by Gasteiger charge is 2.31. The first-order valence-corrected chi connectivity index (χ1v) is 8.47. The first-order valence-electron chi connectivity index (χ1n) is 7.59. The summed E-state index contributed by atoms with van der Waals surface area (Å²) in [5.41, 5.74) is 0.494. The van der Waals surface area contributed by atoms with Crippen molar-refractivity contribution in [3.8, 4) is 10.8 Å². The second-order valence-electron chi connectivity index (χ2n) is 5.54. The van der Waals surface area contributed by atoms with Crippen molar-refractivity contribution in [1.29, 1.82) is 0 Å². The van der Waals surface area contributed by atoms with E-state index in [-0.39, 0.29) is 11.9 Å². The fourth-order valence-electron chi connectivity index (χ4n) is 2.95. The molecule has 4 heterocycles. The Labute approximate surface area is 137 Å². The van der Waals surface area contributed by atoms with Gasteiger partial charge < -0.3 is 9.32 Å². The molecule has 0 unspecified atom stereocenters. The predicted octanol–water partition coefficient (Wildman–Crippen LogP) is 2.90. The van der Waals surface area contributed by atoms with Gasteiger partial charge in [-0.2, -0.15) is 5.10 Å². The van der Waals surface area contributed by atoms with Crippen LogP contribution in [0.2, 0.25) is 0 Å². The van der Waals surface area contributed by atoms with Crippen LogP contribution in [0.25, 0.3) is 10.8 Å². The van der Waals surface area contributed by atoms with Gasteiger partial charge in [0.2, 0.25) is 0 Å². The number of thiazole rings is 1. The van der Waals surface area contributed by atoms with Crippen LogP contribution in [0.3, 0.4) is 0 Å². The Hall–Kier alpha value is -2.41. The van der Waals surface area contributed by atoms with Crippen molar-refractivity contribution in [3.63, 3.8) is 0 Å². The molecule has 23 heavy (non-hydrogen) atoms. The molecule has 1 fully saturated rings. The molecule has 0 aromatic carbocycles. The van der Waals surface area contributed by atoms with Crippen molar-refractivity contribution in [2.45, 2.75) is 25.4 Å². The topological polar surface area (TPSA) is 64.2 Å². The molecule has 1 atom stereocenters. The van der Waals surface area contributed by atoms with Crippen LogP contribution < -0.4 is 0 Å². The molecule has 0 bridgehead atoms. The van der Waals surface area contributed by atoms with Crippen LogP contribution in [-0.2, 0) is 6.54 Å². The molecule has 1 aliphatic heterocycles. The van der Waals surface area contributed by atoms with E-state index in [1.54, 1.807) is 12.5 Å². The van der Waals surface area contributed by atoms with Gasteiger partial charge in [0.15, 0.2) is 10.8 Å². The lowest BCUT2D eigenvalue weighted by Gasteiger charge is -2.23. The largest absolute Gasteiger partial charge is 0.462 e. The second kappa shape index (κ2) is 6.00. The van der Waals surface area contributed by atoms with Crippen molar-refractivity contribution in [3.05, 3.63) is 47.9 Å². The molecular formula is C16H16N4O2S. The van der Waals surface area contributed by atoms with Gasteiger partial charge in [-0.15, -0.1) is 11.3 Å². The minimum absolute atomic E-state index is 0.00582. The molecule has 1 saturated heterocycles. The minimum atomic E-state index is -0.00582. The molecule has 118 valence electrons. The zero-order chi connectivity index (χ0) is 15.6. The number of carbonyl (C=O) groups excluding carboxylic acids is 1. The average molecular weight is 328 g/mol. The van der Waals surface area contributed by atoms with Gasteiger partial charge in [0.05, 0.1) is 18.8 Å². The van der Waals surface area contributed by atoms with E-state index in [9.17, 15) is 4.79 Å². The number of amides is 1. The third-order valence-electron chi connectivity index (χ3n) is 4.05. The number of rotatable bonds is 4. The molecule has 1 aliphatic rings. The molecule has 0 spiro atoms. The SMILES string of the molecule is O=C(c1csc(-c2ccco2)n1)N1CCC[C@H]1Cn1cccn1. The normalized spacial score (nSPS) is 17.7. The lowest BCUT2D eigenvalue weighted by atomic mass is 10.2. The molecule has 0 N–H and O–H groups in total. The maximum Gasteiger partial charge on any atom is 0.273 e. The van der Waals surface area contributed by atoms with E-state index in [1.807, 2.05) is 39.4 Å². The molecule has 0 radical (unpaired) electrons. The molecule has 0 saturated carbocycles. The van der Waals surface area contributed by atoms with E-state index >= 15 is 0 Å². The Kier molecular flexibility index (Phi) is 3.70. The highest BCUT2D eigenvalue weighted by atomic mass is 32.1. The maximum atomic E-state index is 12.8. The van der Waals surface area contributed by atoms with Crippen LogP contribution in [0.1, 0.15) is 23.3 Å². The summed E-state index contributed by atoms with van der Waals surface area (Å²) in [4.78, 5) is 19.1. The van der Waals surface area contributed by atoms with E-state index in [0.29, 0.717) is 11.5 Å². The van der Waals surface area contributed by atoms with E-state index in [2.05, 4.69) is 10.1 Å². The zero-order valence-electron chi connectivity index (χ0n) is 12.5. The summed E-state index contributed by atoms with van der Waals surface area (Å²) >= 11 is 1.43. The number of aromatic nitrogens is 3. The Balaban J connectivity index is 1.51. The van der Waals surface area contributed by atoms with Crippen molar-refractivity contribution >= 4 is 17.2 Å². The van der Waals surface area contributed by atoms with Crippen LogP contribution >= 0.6 is 11.3 Å². The summed E-state index contributed by atoms with van der Waals surface area (Å²) in [6.45, 7) is 1.51. The number of furan rings is 1. The summed E-state index contributed by atoms with van der Waals surface area (Å²) in [6.07, 6.45) is 7.32. The average Bonchev–Trinajstić information content (AvgIpc) is 3.33. The minimum Gasteiger partial charge on any atom is -0.462 e. The van der Waals surface area contributed by atoms with Gasteiger partial charge in [0.1, 0.15) is 5.69 Å². The van der Waals surface area contributed by atoms with Crippen LogP contribution in [-0.4, -0.2) is 38.2 Å². The van der Waals surface area contributed by atoms with Crippen LogP contribution in [0, 0.1) is 0 Å². The van der Waals surface area contributed by atoms with Gasteiger partial charge in [0, 0.05) is 24.3 Å². The van der Waals surface area contributed by atoms with E-state index in [1.165, 1.54) is 11.3 Å².